The Morgan fingerprint density at radius 1 is 1.07 bits per heavy atom. The number of benzene rings is 2. The third-order valence-electron chi connectivity index (χ3n) is 4.64. The van der Waals surface area contributed by atoms with Gasteiger partial charge < -0.3 is 5.32 Å². The molecule has 2 aromatic heterocycles. The summed E-state index contributed by atoms with van der Waals surface area (Å²) in [5.74, 6) is -1.06. The number of nitrogens with zero attached hydrogens (tertiary/aromatic N) is 2. The smallest absolute Gasteiger partial charge is 0.265 e. The number of hydrogen-bond donors (Lipinski definition) is 1. The molecule has 2 aromatic carbocycles. The lowest BCUT2D eigenvalue weighted by atomic mass is 10.1. The van der Waals surface area contributed by atoms with Gasteiger partial charge in [-0.3, -0.25) is 14.2 Å². The van der Waals surface area contributed by atoms with E-state index in [1.54, 1.807) is 24.4 Å². The Balaban J connectivity index is 1.78. The summed E-state index contributed by atoms with van der Waals surface area (Å²) in [6, 6.07) is 18.4. The van der Waals surface area contributed by atoms with Gasteiger partial charge in [-0.05, 0) is 48.9 Å². The Hall–Kier alpha value is -3.80. The van der Waals surface area contributed by atoms with Crippen LogP contribution in [0.2, 0.25) is 0 Å². The lowest BCUT2D eigenvalue weighted by molar-refractivity contribution is 0.102. The fourth-order valence-corrected chi connectivity index (χ4v) is 3.16. The van der Waals surface area contributed by atoms with E-state index in [0.717, 1.165) is 11.1 Å². The van der Waals surface area contributed by atoms with Crippen LogP contribution in [0.25, 0.3) is 11.0 Å². The average molecular weight is 387 g/mol. The summed E-state index contributed by atoms with van der Waals surface area (Å²) in [7, 11) is 0. The number of nitrogens with one attached hydrogen (secondary N) is 1. The van der Waals surface area contributed by atoms with Crippen molar-refractivity contribution in [3.63, 3.8) is 0 Å². The standard InChI is InChI=1S/C23H18FN3O2/c1-15-7-9-16(10-8-15)14-27-21-17(4-3-11-25-21)12-20(23(27)29)22(28)26-19-6-2-5-18(24)13-19/h2-13H,14H2,1H3,(H,26,28). The van der Waals surface area contributed by atoms with E-state index in [1.807, 2.05) is 31.2 Å². The van der Waals surface area contributed by atoms with Crippen molar-refractivity contribution < 1.29 is 9.18 Å². The number of amides is 1. The zero-order valence-corrected chi connectivity index (χ0v) is 15.7. The summed E-state index contributed by atoms with van der Waals surface area (Å²) < 4.78 is 14.9. The van der Waals surface area contributed by atoms with E-state index in [2.05, 4.69) is 10.3 Å². The maximum absolute atomic E-state index is 13.4. The molecule has 0 unspecified atom stereocenters. The maximum atomic E-state index is 13.4. The number of hydrogen-bond acceptors (Lipinski definition) is 3. The molecular formula is C23H18FN3O2. The van der Waals surface area contributed by atoms with Crippen molar-refractivity contribution >= 4 is 22.6 Å². The first-order chi connectivity index (χ1) is 14.0. The predicted molar refractivity (Wildman–Crippen MR) is 111 cm³/mol. The summed E-state index contributed by atoms with van der Waals surface area (Å²) in [5, 5.41) is 3.26. The van der Waals surface area contributed by atoms with Gasteiger partial charge in [0.1, 0.15) is 17.0 Å². The molecule has 4 aromatic rings. The molecule has 2 heterocycles. The zero-order chi connectivity index (χ0) is 20.4. The van der Waals surface area contributed by atoms with Crippen molar-refractivity contribution in [1.82, 2.24) is 9.55 Å². The maximum Gasteiger partial charge on any atom is 0.265 e. The lowest BCUT2D eigenvalue weighted by Crippen LogP contribution is -2.30. The quantitative estimate of drug-likeness (QED) is 0.572. The number of aryl methyl sites for hydroxylation is 1. The Morgan fingerprint density at radius 3 is 2.62 bits per heavy atom. The molecule has 0 spiro atoms. The van der Waals surface area contributed by atoms with E-state index in [1.165, 1.54) is 28.8 Å². The second-order valence-electron chi connectivity index (χ2n) is 6.82. The molecule has 0 aliphatic rings. The molecule has 0 bridgehead atoms. The van der Waals surface area contributed by atoms with E-state index in [9.17, 15) is 14.0 Å². The van der Waals surface area contributed by atoms with E-state index < -0.39 is 17.3 Å². The molecular weight excluding hydrogens is 369 g/mol. The molecule has 1 amide bonds. The van der Waals surface area contributed by atoms with Crippen molar-refractivity contribution in [3.05, 3.63) is 106 Å². The van der Waals surface area contributed by atoms with Gasteiger partial charge in [-0.25, -0.2) is 9.37 Å². The van der Waals surface area contributed by atoms with Crippen LogP contribution in [-0.2, 0) is 6.54 Å². The third-order valence-corrected chi connectivity index (χ3v) is 4.64. The van der Waals surface area contributed by atoms with Crippen LogP contribution in [0.1, 0.15) is 21.5 Å². The molecule has 0 atom stereocenters. The number of halogens is 1. The highest BCUT2D eigenvalue weighted by atomic mass is 19.1. The molecule has 0 aliphatic heterocycles. The van der Waals surface area contributed by atoms with Crippen LogP contribution in [0.5, 0.6) is 0 Å². The number of fused-ring (bicyclic) bond motifs is 1. The lowest BCUT2D eigenvalue weighted by Gasteiger charge is -2.13. The molecule has 4 rings (SSSR count). The molecule has 1 N–H and O–H groups in total. The Labute approximate surface area is 166 Å². The number of anilines is 1. The van der Waals surface area contributed by atoms with Gasteiger partial charge >= 0.3 is 0 Å². The van der Waals surface area contributed by atoms with Gasteiger partial charge in [0.15, 0.2) is 0 Å². The molecule has 0 radical (unpaired) electrons. The Bertz CT molecular complexity index is 1260. The molecule has 0 fully saturated rings. The highest BCUT2D eigenvalue weighted by Crippen LogP contribution is 2.15. The summed E-state index contributed by atoms with van der Waals surface area (Å²) in [5.41, 5.74) is 2.35. The first kappa shape index (κ1) is 18.6. The number of carbonyl (C=O) groups is 1. The average Bonchev–Trinajstić information content (AvgIpc) is 2.71. The van der Waals surface area contributed by atoms with Crippen LogP contribution < -0.4 is 10.9 Å². The third kappa shape index (κ3) is 3.91. The first-order valence-corrected chi connectivity index (χ1v) is 9.12. The van der Waals surface area contributed by atoms with E-state index in [0.29, 0.717) is 11.0 Å². The molecule has 0 saturated heterocycles. The Kier molecular flexibility index (Phi) is 4.91. The van der Waals surface area contributed by atoms with Crippen LogP contribution in [0.15, 0.2) is 77.7 Å². The summed E-state index contributed by atoms with van der Waals surface area (Å²) >= 11 is 0. The van der Waals surface area contributed by atoms with Crippen molar-refractivity contribution in [3.8, 4) is 0 Å². The van der Waals surface area contributed by atoms with Gasteiger partial charge in [0.05, 0.1) is 6.54 Å². The zero-order valence-electron chi connectivity index (χ0n) is 15.7. The molecule has 0 aliphatic carbocycles. The second kappa shape index (κ2) is 7.67. The molecule has 29 heavy (non-hydrogen) atoms. The minimum Gasteiger partial charge on any atom is -0.322 e. The second-order valence-corrected chi connectivity index (χ2v) is 6.82. The Morgan fingerprint density at radius 2 is 1.86 bits per heavy atom. The largest absolute Gasteiger partial charge is 0.322 e. The fraction of sp³-hybridized carbons (Fsp3) is 0.0870. The van der Waals surface area contributed by atoms with Gasteiger partial charge in [0, 0.05) is 17.3 Å². The van der Waals surface area contributed by atoms with Gasteiger partial charge in [0.25, 0.3) is 11.5 Å². The molecule has 144 valence electrons. The SMILES string of the molecule is Cc1ccc(Cn2c(=O)c(C(=O)Nc3cccc(F)c3)cc3cccnc32)cc1. The van der Waals surface area contributed by atoms with Gasteiger partial charge in [-0.1, -0.05) is 35.9 Å². The number of carbonyl (C=O) groups excluding carboxylic acids is 1. The normalized spacial score (nSPS) is 10.8. The molecule has 5 nitrogen and oxygen atoms in total. The van der Waals surface area contributed by atoms with Crippen molar-refractivity contribution in [2.75, 3.05) is 5.32 Å². The van der Waals surface area contributed by atoms with Crippen LogP contribution in [0.4, 0.5) is 10.1 Å². The van der Waals surface area contributed by atoms with Crippen molar-refractivity contribution in [2.45, 2.75) is 13.5 Å². The monoisotopic (exact) mass is 387 g/mol. The highest BCUT2D eigenvalue weighted by Gasteiger charge is 2.17. The van der Waals surface area contributed by atoms with Crippen LogP contribution in [-0.4, -0.2) is 15.5 Å². The van der Waals surface area contributed by atoms with Crippen LogP contribution >= 0.6 is 0 Å². The highest BCUT2D eigenvalue weighted by molar-refractivity contribution is 6.05. The number of pyridine rings is 2. The summed E-state index contributed by atoms with van der Waals surface area (Å²) in [6.07, 6.45) is 1.61. The minimum atomic E-state index is -0.594. The van der Waals surface area contributed by atoms with Gasteiger partial charge in [-0.2, -0.15) is 0 Å². The number of rotatable bonds is 4. The summed E-state index contributed by atoms with van der Waals surface area (Å²) in [4.78, 5) is 30.2. The van der Waals surface area contributed by atoms with E-state index in [-0.39, 0.29) is 17.8 Å². The van der Waals surface area contributed by atoms with Crippen LogP contribution in [0.3, 0.4) is 0 Å². The number of aromatic nitrogens is 2. The molecule has 6 heteroatoms. The van der Waals surface area contributed by atoms with E-state index in [4.69, 9.17) is 0 Å². The minimum absolute atomic E-state index is 0.0260. The van der Waals surface area contributed by atoms with Gasteiger partial charge in [-0.15, -0.1) is 0 Å². The van der Waals surface area contributed by atoms with Gasteiger partial charge in [0.2, 0.25) is 0 Å². The van der Waals surface area contributed by atoms with E-state index >= 15 is 0 Å². The summed E-state index contributed by atoms with van der Waals surface area (Å²) in [6.45, 7) is 2.28. The topological polar surface area (TPSA) is 64.0 Å². The first-order valence-electron chi connectivity index (χ1n) is 9.12. The van der Waals surface area contributed by atoms with Crippen molar-refractivity contribution in [2.24, 2.45) is 0 Å². The van der Waals surface area contributed by atoms with Crippen molar-refractivity contribution in [1.29, 1.82) is 0 Å². The predicted octanol–water partition coefficient (Wildman–Crippen LogP) is 4.14. The fourth-order valence-electron chi connectivity index (χ4n) is 3.16. The van der Waals surface area contributed by atoms with Crippen LogP contribution in [0, 0.1) is 12.7 Å². The molecule has 0 saturated carbocycles.